The van der Waals surface area contributed by atoms with Gasteiger partial charge in [-0.2, -0.15) is 0 Å². The van der Waals surface area contributed by atoms with E-state index < -0.39 is 0 Å². The van der Waals surface area contributed by atoms with Gasteiger partial charge in [-0.1, -0.05) is 17.7 Å². The van der Waals surface area contributed by atoms with Crippen molar-refractivity contribution >= 4 is 11.5 Å². The van der Waals surface area contributed by atoms with Crippen LogP contribution in [0.1, 0.15) is 56.9 Å². The second-order valence-electron chi connectivity index (χ2n) is 9.96. The monoisotopic (exact) mass is 391 g/mol. The summed E-state index contributed by atoms with van der Waals surface area (Å²) >= 11 is 0. The van der Waals surface area contributed by atoms with Crippen LogP contribution in [-0.4, -0.2) is 31.1 Å². The molecular formula is C26H33NO2. The molecule has 3 heteroatoms. The fourth-order valence-electron chi connectivity index (χ4n) is 6.95. The SMILES string of the molecule is CN(C)c1ccc(C[C@]23CCC4=C5CCC(=O)C=C5CC[C@H]4[C@@H]2CC[C@@H]3O)cc1. The Morgan fingerprint density at radius 2 is 1.83 bits per heavy atom. The Hall–Kier alpha value is -1.87. The molecule has 0 saturated heterocycles. The number of hydrogen-bond acceptors (Lipinski definition) is 3. The van der Waals surface area contributed by atoms with Crippen molar-refractivity contribution in [3.63, 3.8) is 0 Å². The molecule has 0 aliphatic heterocycles. The summed E-state index contributed by atoms with van der Waals surface area (Å²) in [5.41, 5.74) is 7.11. The summed E-state index contributed by atoms with van der Waals surface area (Å²) in [4.78, 5) is 14.0. The molecule has 2 saturated carbocycles. The Balaban J connectivity index is 1.46. The molecule has 5 rings (SSSR count). The predicted octanol–water partition coefficient (Wildman–Crippen LogP) is 4.84. The van der Waals surface area contributed by atoms with E-state index in [9.17, 15) is 9.90 Å². The maximum atomic E-state index is 11.9. The fraction of sp³-hybridized carbons (Fsp3) is 0.577. The summed E-state index contributed by atoms with van der Waals surface area (Å²) in [6.07, 6.45) is 10.9. The zero-order chi connectivity index (χ0) is 20.2. The van der Waals surface area contributed by atoms with Gasteiger partial charge in [-0.15, -0.1) is 0 Å². The van der Waals surface area contributed by atoms with Crippen molar-refractivity contribution in [1.29, 1.82) is 0 Å². The van der Waals surface area contributed by atoms with Crippen molar-refractivity contribution in [3.8, 4) is 0 Å². The van der Waals surface area contributed by atoms with Crippen LogP contribution in [0.3, 0.4) is 0 Å². The molecule has 0 radical (unpaired) electrons. The molecule has 0 unspecified atom stereocenters. The highest BCUT2D eigenvalue weighted by Crippen LogP contribution is 2.61. The van der Waals surface area contributed by atoms with E-state index in [1.165, 1.54) is 22.4 Å². The lowest BCUT2D eigenvalue weighted by molar-refractivity contribution is -0.114. The van der Waals surface area contributed by atoms with Crippen molar-refractivity contribution in [2.45, 2.75) is 63.9 Å². The molecule has 3 nitrogen and oxygen atoms in total. The Labute approximate surface area is 174 Å². The lowest BCUT2D eigenvalue weighted by Crippen LogP contribution is -2.45. The molecule has 1 aromatic rings. The van der Waals surface area contributed by atoms with Crippen LogP contribution in [0.2, 0.25) is 0 Å². The first-order valence-corrected chi connectivity index (χ1v) is 11.4. The van der Waals surface area contributed by atoms with Gasteiger partial charge in [-0.3, -0.25) is 4.79 Å². The first kappa shape index (κ1) is 19.1. The number of rotatable bonds is 3. The predicted molar refractivity (Wildman–Crippen MR) is 117 cm³/mol. The van der Waals surface area contributed by atoms with Crippen LogP contribution in [0.5, 0.6) is 0 Å². The third-order valence-electron chi connectivity index (χ3n) is 8.39. The average Bonchev–Trinajstić information content (AvgIpc) is 3.04. The minimum atomic E-state index is -0.183. The van der Waals surface area contributed by atoms with E-state index >= 15 is 0 Å². The van der Waals surface area contributed by atoms with Gasteiger partial charge < -0.3 is 10.0 Å². The van der Waals surface area contributed by atoms with E-state index in [4.69, 9.17) is 0 Å². The largest absolute Gasteiger partial charge is 0.393 e. The number of benzene rings is 1. The summed E-state index contributed by atoms with van der Waals surface area (Å²) < 4.78 is 0. The average molecular weight is 392 g/mol. The number of anilines is 1. The van der Waals surface area contributed by atoms with Crippen LogP contribution in [0.15, 0.2) is 47.1 Å². The number of carbonyl (C=O) groups excluding carboxylic acids is 1. The fourth-order valence-corrected chi connectivity index (χ4v) is 6.95. The van der Waals surface area contributed by atoms with Crippen molar-refractivity contribution in [3.05, 3.63) is 52.6 Å². The highest BCUT2D eigenvalue weighted by atomic mass is 16.3. The van der Waals surface area contributed by atoms with Gasteiger partial charge in [-0.25, -0.2) is 0 Å². The molecule has 2 fully saturated rings. The Morgan fingerprint density at radius 1 is 1.03 bits per heavy atom. The van der Waals surface area contributed by atoms with Crippen LogP contribution in [0.25, 0.3) is 0 Å². The van der Waals surface area contributed by atoms with Gasteiger partial charge in [0.2, 0.25) is 0 Å². The summed E-state index contributed by atoms with van der Waals surface area (Å²) in [5.74, 6) is 1.51. The molecule has 29 heavy (non-hydrogen) atoms. The standard InChI is InChI=1S/C26H33NO2/c1-27(2)19-6-3-17(4-7-19)16-26-14-13-22-21-10-8-20(28)15-18(21)5-9-23(22)24(26)11-12-25(26)29/h3-4,6-7,15,23-25,29H,5,8-14,16H2,1-2H3/t23-,24+,25+,26-/m1/s1. The van der Waals surface area contributed by atoms with Crippen molar-refractivity contribution in [2.75, 3.05) is 19.0 Å². The Morgan fingerprint density at radius 3 is 2.59 bits per heavy atom. The minimum absolute atomic E-state index is 0.0278. The van der Waals surface area contributed by atoms with Crippen LogP contribution < -0.4 is 4.90 Å². The molecule has 1 aromatic carbocycles. The van der Waals surface area contributed by atoms with Gasteiger partial charge in [-0.05, 0) is 98.1 Å². The second-order valence-corrected chi connectivity index (χ2v) is 9.96. The number of allylic oxidation sites excluding steroid dienone is 4. The number of fused-ring (bicyclic) bond motifs is 4. The summed E-state index contributed by atoms with van der Waals surface area (Å²) in [6, 6.07) is 8.92. The lowest BCUT2D eigenvalue weighted by atomic mass is 9.55. The van der Waals surface area contributed by atoms with E-state index in [-0.39, 0.29) is 11.5 Å². The van der Waals surface area contributed by atoms with Crippen molar-refractivity contribution in [1.82, 2.24) is 0 Å². The van der Waals surface area contributed by atoms with Gasteiger partial charge in [0.1, 0.15) is 0 Å². The normalized spacial score (nSPS) is 33.7. The smallest absolute Gasteiger partial charge is 0.156 e. The first-order valence-electron chi connectivity index (χ1n) is 11.4. The third-order valence-corrected chi connectivity index (χ3v) is 8.39. The van der Waals surface area contributed by atoms with Crippen molar-refractivity contribution < 1.29 is 9.90 Å². The molecule has 4 atom stereocenters. The molecule has 154 valence electrons. The zero-order valence-corrected chi connectivity index (χ0v) is 17.8. The molecule has 4 aliphatic rings. The highest BCUT2D eigenvalue weighted by Gasteiger charge is 2.55. The summed E-state index contributed by atoms with van der Waals surface area (Å²) in [5, 5.41) is 11.2. The summed E-state index contributed by atoms with van der Waals surface area (Å²) in [6.45, 7) is 0. The van der Waals surface area contributed by atoms with E-state index in [1.54, 1.807) is 5.57 Å². The third kappa shape index (κ3) is 3.09. The molecule has 4 aliphatic carbocycles. The van der Waals surface area contributed by atoms with E-state index in [0.29, 0.717) is 24.0 Å². The molecule has 0 spiro atoms. The molecule has 0 bridgehead atoms. The van der Waals surface area contributed by atoms with Gasteiger partial charge in [0.15, 0.2) is 5.78 Å². The molecule has 0 aromatic heterocycles. The number of aliphatic hydroxyl groups excluding tert-OH is 1. The van der Waals surface area contributed by atoms with E-state index in [0.717, 1.165) is 51.4 Å². The van der Waals surface area contributed by atoms with Crippen LogP contribution in [0, 0.1) is 17.3 Å². The lowest BCUT2D eigenvalue weighted by Gasteiger charge is -2.50. The highest BCUT2D eigenvalue weighted by molar-refractivity contribution is 5.93. The Bertz CT molecular complexity index is 878. The van der Waals surface area contributed by atoms with Gasteiger partial charge in [0, 0.05) is 31.6 Å². The first-order chi connectivity index (χ1) is 14.0. The van der Waals surface area contributed by atoms with E-state index in [1.807, 2.05) is 6.08 Å². The van der Waals surface area contributed by atoms with Gasteiger partial charge in [0.05, 0.1) is 6.10 Å². The van der Waals surface area contributed by atoms with Gasteiger partial charge in [0.25, 0.3) is 0 Å². The number of nitrogens with zero attached hydrogens (tertiary/aromatic N) is 1. The number of aliphatic hydroxyl groups is 1. The number of carbonyl (C=O) groups is 1. The van der Waals surface area contributed by atoms with Crippen LogP contribution in [0.4, 0.5) is 5.69 Å². The Kier molecular flexibility index (Phi) is 4.70. The van der Waals surface area contributed by atoms with Gasteiger partial charge >= 0.3 is 0 Å². The topological polar surface area (TPSA) is 40.5 Å². The van der Waals surface area contributed by atoms with Crippen LogP contribution >= 0.6 is 0 Å². The van der Waals surface area contributed by atoms with E-state index in [2.05, 4.69) is 43.3 Å². The zero-order valence-electron chi connectivity index (χ0n) is 17.8. The maximum absolute atomic E-state index is 11.9. The molecule has 0 amide bonds. The van der Waals surface area contributed by atoms with Crippen LogP contribution in [-0.2, 0) is 11.2 Å². The quantitative estimate of drug-likeness (QED) is 0.801. The molecular weight excluding hydrogens is 358 g/mol. The van der Waals surface area contributed by atoms with Crippen molar-refractivity contribution in [2.24, 2.45) is 17.3 Å². The second kappa shape index (κ2) is 7.12. The number of ketones is 1. The minimum Gasteiger partial charge on any atom is -0.393 e. The molecule has 0 heterocycles. The molecule has 1 N–H and O–H groups in total. The number of hydrogen-bond donors (Lipinski definition) is 1. The summed E-state index contributed by atoms with van der Waals surface area (Å²) in [7, 11) is 4.15. The maximum Gasteiger partial charge on any atom is 0.156 e.